The molecule has 1 N–H and O–H groups in total. The normalized spacial score (nSPS) is 15.1. The highest BCUT2D eigenvalue weighted by atomic mass is 32.2. The second kappa shape index (κ2) is 10.7. The second-order valence-corrected chi connectivity index (χ2v) is 10.3. The van der Waals surface area contributed by atoms with Gasteiger partial charge in [0.1, 0.15) is 5.82 Å². The van der Waals surface area contributed by atoms with Crippen molar-refractivity contribution in [1.29, 1.82) is 0 Å². The Morgan fingerprint density at radius 1 is 1.09 bits per heavy atom. The summed E-state index contributed by atoms with van der Waals surface area (Å²) in [7, 11) is -3.66. The average Bonchev–Trinajstić information content (AvgIpc) is 3.28. The van der Waals surface area contributed by atoms with Gasteiger partial charge in [-0.15, -0.1) is 0 Å². The Hall–Kier alpha value is -2.75. The van der Waals surface area contributed by atoms with Crippen LogP contribution in [0.1, 0.15) is 24.6 Å². The minimum atomic E-state index is -3.66. The van der Waals surface area contributed by atoms with Crippen LogP contribution < -0.4 is 9.62 Å². The van der Waals surface area contributed by atoms with Crippen LogP contribution in [-0.2, 0) is 16.4 Å². The molecule has 1 aliphatic rings. The van der Waals surface area contributed by atoms with Crippen LogP contribution in [0.3, 0.4) is 0 Å². The molecule has 1 fully saturated rings. The fourth-order valence-corrected chi connectivity index (χ4v) is 5.67. The van der Waals surface area contributed by atoms with Crippen molar-refractivity contribution in [3.8, 4) is 11.3 Å². The maximum Gasteiger partial charge on any atom is 0.240 e. The van der Waals surface area contributed by atoms with E-state index in [2.05, 4.69) is 19.7 Å². The Kier molecular flexibility index (Phi) is 7.65. The third kappa shape index (κ3) is 5.65. The molecule has 0 unspecified atom stereocenters. The van der Waals surface area contributed by atoms with Crippen molar-refractivity contribution in [3.05, 3.63) is 65.6 Å². The Morgan fingerprint density at radius 2 is 1.85 bits per heavy atom. The van der Waals surface area contributed by atoms with Gasteiger partial charge in [0, 0.05) is 44.4 Å². The highest BCUT2D eigenvalue weighted by Gasteiger charge is 2.21. The zero-order chi connectivity index (χ0) is 24.1. The topological polar surface area (TPSA) is 78.7 Å². The van der Waals surface area contributed by atoms with Gasteiger partial charge in [-0.3, -0.25) is 4.90 Å². The lowest BCUT2D eigenvalue weighted by Gasteiger charge is -2.36. The van der Waals surface area contributed by atoms with Crippen molar-refractivity contribution in [2.75, 3.05) is 44.2 Å². The van der Waals surface area contributed by atoms with Crippen LogP contribution in [0.25, 0.3) is 11.3 Å². The quantitative estimate of drug-likeness (QED) is 0.463. The van der Waals surface area contributed by atoms with Crippen LogP contribution in [0, 0.1) is 12.7 Å². The molecule has 182 valence electrons. The van der Waals surface area contributed by atoms with Gasteiger partial charge in [-0.2, -0.15) is 0 Å². The summed E-state index contributed by atoms with van der Waals surface area (Å²) in [5.41, 5.74) is 2.83. The molecule has 0 aliphatic carbocycles. The van der Waals surface area contributed by atoms with Gasteiger partial charge in [-0.05, 0) is 50.1 Å². The number of hydrogen-bond donors (Lipinski definition) is 1. The highest BCUT2D eigenvalue weighted by molar-refractivity contribution is 7.89. The van der Waals surface area contributed by atoms with Gasteiger partial charge in [-0.25, -0.2) is 17.5 Å². The van der Waals surface area contributed by atoms with Crippen molar-refractivity contribution >= 4 is 15.7 Å². The number of piperazine rings is 1. The summed E-state index contributed by atoms with van der Waals surface area (Å²) in [6.45, 7) is 8.04. The molecule has 7 nitrogen and oxygen atoms in total. The molecule has 0 spiro atoms. The smallest absolute Gasteiger partial charge is 0.240 e. The predicted molar refractivity (Wildman–Crippen MR) is 131 cm³/mol. The second-order valence-electron chi connectivity index (χ2n) is 8.54. The number of aryl methyl sites for hydroxylation is 2. The van der Waals surface area contributed by atoms with E-state index in [1.54, 1.807) is 18.2 Å². The van der Waals surface area contributed by atoms with Gasteiger partial charge >= 0.3 is 0 Å². The number of aromatic nitrogens is 1. The molecule has 1 aliphatic heterocycles. The van der Waals surface area contributed by atoms with Crippen molar-refractivity contribution in [3.63, 3.8) is 0 Å². The van der Waals surface area contributed by atoms with Gasteiger partial charge in [0.05, 0.1) is 16.3 Å². The summed E-state index contributed by atoms with van der Waals surface area (Å²) in [6.07, 6.45) is 1.31. The van der Waals surface area contributed by atoms with Crippen LogP contribution in [0.2, 0.25) is 0 Å². The monoisotopic (exact) mass is 486 g/mol. The summed E-state index contributed by atoms with van der Waals surface area (Å²) in [4.78, 5) is 4.62. The minimum absolute atomic E-state index is 0.195. The Bertz CT molecular complexity index is 1220. The van der Waals surface area contributed by atoms with E-state index < -0.39 is 10.0 Å². The van der Waals surface area contributed by atoms with Crippen molar-refractivity contribution < 1.29 is 17.3 Å². The largest absolute Gasteiger partial charge is 0.367 e. The van der Waals surface area contributed by atoms with E-state index in [1.807, 2.05) is 38.1 Å². The van der Waals surface area contributed by atoms with Crippen LogP contribution in [0.4, 0.5) is 10.1 Å². The SMILES string of the molecule is CCc1ccc(-c2cc(C)no2)cc1S(=O)(=O)NCCCN1CCN(c2ccccc2F)CC1. The number of anilines is 1. The van der Waals surface area contributed by atoms with Crippen LogP contribution in [0.5, 0.6) is 0 Å². The number of hydrogen-bond acceptors (Lipinski definition) is 6. The fourth-order valence-electron chi connectivity index (χ4n) is 4.26. The summed E-state index contributed by atoms with van der Waals surface area (Å²) in [5, 5.41) is 3.89. The summed E-state index contributed by atoms with van der Waals surface area (Å²) in [5.74, 6) is 0.352. The van der Waals surface area contributed by atoms with E-state index >= 15 is 0 Å². The molecule has 34 heavy (non-hydrogen) atoms. The maximum absolute atomic E-state index is 14.0. The van der Waals surface area contributed by atoms with Crippen molar-refractivity contribution in [2.45, 2.75) is 31.6 Å². The first-order chi connectivity index (χ1) is 16.4. The molecule has 0 amide bonds. The molecule has 0 radical (unpaired) electrons. The molecule has 1 aromatic heterocycles. The molecule has 4 rings (SSSR count). The molecule has 0 atom stereocenters. The van der Waals surface area contributed by atoms with Crippen molar-refractivity contribution in [2.24, 2.45) is 0 Å². The lowest BCUT2D eigenvalue weighted by atomic mass is 10.1. The summed E-state index contributed by atoms with van der Waals surface area (Å²) >= 11 is 0. The average molecular weight is 487 g/mol. The summed E-state index contributed by atoms with van der Waals surface area (Å²) in [6, 6.07) is 14.0. The molecule has 9 heteroatoms. The van der Waals surface area contributed by atoms with Gasteiger partial charge in [0.15, 0.2) is 5.76 Å². The van der Waals surface area contributed by atoms with Crippen LogP contribution in [0.15, 0.2) is 57.9 Å². The lowest BCUT2D eigenvalue weighted by Crippen LogP contribution is -2.47. The summed E-state index contributed by atoms with van der Waals surface area (Å²) < 4.78 is 48.2. The first kappa shape index (κ1) is 24.4. The zero-order valence-corrected chi connectivity index (χ0v) is 20.4. The number of para-hydroxylation sites is 1. The van der Waals surface area contributed by atoms with E-state index in [0.717, 1.165) is 44.0 Å². The lowest BCUT2D eigenvalue weighted by molar-refractivity contribution is 0.255. The molecular formula is C25H31FN4O3S. The molecular weight excluding hydrogens is 455 g/mol. The Morgan fingerprint density at radius 3 is 2.53 bits per heavy atom. The van der Waals surface area contributed by atoms with E-state index in [1.165, 1.54) is 6.07 Å². The van der Waals surface area contributed by atoms with Gasteiger partial charge in [0.2, 0.25) is 10.0 Å². The standard InChI is InChI=1S/C25H31FN4O3S/c1-3-20-9-10-21(24-17-19(2)28-33-24)18-25(20)34(31,32)27-11-6-12-29-13-15-30(16-14-29)23-8-5-4-7-22(23)26/h4-5,7-10,17-18,27H,3,6,11-16H2,1-2H3. The number of benzene rings is 2. The minimum Gasteiger partial charge on any atom is -0.367 e. The van der Waals surface area contributed by atoms with Crippen molar-refractivity contribution in [1.82, 2.24) is 14.8 Å². The fraction of sp³-hybridized carbons (Fsp3) is 0.400. The van der Waals surface area contributed by atoms with E-state index in [4.69, 9.17) is 4.52 Å². The predicted octanol–water partition coefficient (Wildman–Crippen LogP) is 3.84. The van der Waals surface area contributed by atoms with E-state index in [0.29, 0.717) is 36.4 Å². The van der Waals surface area contributed by atoms with Crippen LogP contribution >= 0.6 is 0 Å². The number of halogens is 1. The highest BCUT2D eigenvalue weighted by Crippen LogP contribution is 2.26. The molecule has 3 aromatic rings. The number of rotatable bonds is 9. The third-order valence-electron chi connectivity index (χ3n) is 6.16. The zero-order valence-electron chi connectivity index (χ0n) is 19.6. The van der Waals surface area contributed by atoms with Gasteiger partial charge in [0.25, 0.3) is 0 Å². The van der Waals surface area contributed by atoms with E-state index in [-0.39, 0.29) is 10.7 Å². The Balaban J connectivity index is 1.31. The number of sulfonamides is 1. The van der Waals surface area contributed by atoms with Gasteiger partial charge in [-0.1, -0.05) is 36.3 Å². The third-order valence-corrected chi connectivity index (χ3v) is 7.70. The molecule has 1 saturated heterocycles. The number of nitrogens with one attached hydrogen (secondary N) is 1. The van der Waals surface area contributed by atoms with Gasteiger partial charge < -0.3 is 9.42 Å². The Labute approximate surface area is 200 Å². The molecule has 0 bridgehead atoms. The van der Waals surface area contributed by atoms with Crippen LogP contribution in [-0.4, -0.2) is 57.7 Å². The molecule has 2 heterocycles. The molecule has 0 saturated carbocycles. The maximum atomic E-state index is 14.0. The number of nitrogens with zero attached hydrogens (tertiary/aromatic N) is 3. The molecule has 2 aromatic carbocycles. The first-order valence-electron chi connectivity index (χ1n) is 11.7. The van der Waals surface area contributed by atoms with E-state index in [9.17, 15) is 12.8 Å². The first-order valence-corrected chi connectivity index (χ1v) is 13.1.